The zero-order valence-corrected chi connectivity index (χ0v) is 14.9. The summed E-state index contributed by atoms with van der Waals surface area (Å²) in [5.74, 6) is -2.08. The Balaban J connectivity index is 2.36. The summed E-state index contributed by atoms with van der Waals surface area (Å²) in [5, 5.41) is 22.8. The van der Waals surface area contributed by atoms with Crippen LogP contribution in [-0.2, 0) is 20.7 Å². The average molecular weight is 388 g/mol. The number of benzene rings is 2. The molecular formula is C18H16N2O8. The highest BCUT2D eigenvalue weighted by molar-refractivity contribution is 6.00. The lowest BCUT2D eigenvalue weighted by Gasteiger charge is -2.11. The van der Waals surface area contributed by atoms with E-state index in [0.717, 1.165) is 0 Å². The number of nitro benzene ring substituents is 1. The fourth-order valence-corrected chi connectivity index (χ4v) is 2.37. The number of hydrogen-bond donors (Lipinski definition) is 2. The van der Waals surface area contributed by atoms with E-state index in [9.17, 15) is 29.6 Å². The van der Waals surface area contributed by atoms with Crippen LogP contribution in [0.1, 0.15) is 22.8 Å². The molecule has 0 atom stereocenters. The van der Waals surface area contributed by atoms with Gasteiger partial charge in [0.15, 0.2) is 0 Å². The van der Waals surface area contributed by atoms with Crippen molar-refractivity contribution in [1.82, 2.24) is 0 Å². The molecule has 0 radical (unpaired) electrons. The number of anilines is 1. The van der Waals surface area contributed by atoms with Crippen molar-refractivity contribution in [2.24, 2.45) is 0 Å². The SMILES string of the molecule is COC(=O)Cc1cc(Oc2ccc(NC(C)=O)c(C(=O)O)c2)ccc1[N+](=O)[O-]. The number of methoxy groups -OCH3 is 1. The van der Waals surface area contributed by atoms with Crippen LogP contribution >= 0.6 is 0 Å². The molecule has 0 aliphatic carbocycles. The number of carboxylic acids is 1. The van der Waals surface area contributed by atoms with Crippen molar-refractivity contribution in [2.45, 2.75) is 13.3 Å². The molecule has 0 aliphatic heterocycles. The Morgan fingerprint density at radius 2 is 1.79 bits per heavy atom. The number of rotatable bonds is 7. The summed E-state index contributed by atoms with van der Waals surface area (Å²) >= 11 is 0. The first-order chi connectivity index (χ1) is 13.2. The first-order valence-corrected chi connectivity index (χ1v) is 7.88. The molecule has 0 fully saturated rings. The molecule has 0 saturated heterocycles. The first kappa shape index (κ1) is 20.4. The molecule has 2 aromatic rings. The van der Waals surface area contributed by atoms with Crippen LogP contribution in [0.3, 0.4) is 0 Å². The van der Waals surface area contributed by atoms with Crippen molar-refractivity contribution in [3.8, 4) is 11.5 Å². The van der Waals surface area contributed by atoms with Gasteiger partial charge in [0.25, 0.3) is 5.69 Å². The lowest BCUT2D eigenvalue weighted by molar-refractivity contribution is -0.385. The van der Waals surface area contributed by atoms with E-state index in [-0.39, 0.29) is 40.4 Å². The average Bonchev–Trinajstić information content (AvgIpc) is 2.62. The lowest BCUT2D eigenvalue weighted by atomic mass is 10.1. The van der Waals surface area contributed by atoms with Gasteiger partial charge in [-0.3, -0.25) is 19.7 Å². The van der Waals surface area contributed by atoms with Gasteiger partial charge in [0.2, 0.25) is 5.91 Å². The molecule has 10 nitrogen and oxygen atoms in total. The predicted octanol–water partition coefficient (Wildman–Crippen LogP) is 2.76. The summed E-state index contributed by atoms with van der Waals surface area (Å²) in [7, 11) is 1.17. The van der Waals surface area contributed by atoms with E-state index in [2.05, 4.69) is 10.1 Å². The summed E-state index contributed by atoms with van der Waals surface area (Å²) in [6.45, 7) is 1.25. The van der Waals surface area contributed by atoms with E-state index in [4.69, 9.17) is 4.74 Å². The summed E-state index contributed by atoms with van der Waals surface area (Å²) in [6, 6.07) is 7.80. The maximum Gasteiger partial charge on any atom is 0.337 e. The van der Waals surface area contributed by atoms with Crippen LogP contribution in [0.2, 0.25) is 0 Å². The number of amides is 1. The highest BCUT2D eigenvalue weighted by atomic mass is 16.6. The molecule has 0 saturated carbocycles. The Bertz CT molecular complexity index is 955. The molecule has 0 bridgehead atoms. The molecule has 0 spiro atoms. The van der Waals surface area contributed by atoms with Crippen LogP contribution in [0.25, 0.3) is 0 Å². The zero-order chi connectivity index (χ0) is 20.8. The number of hydrogen-bond acceptors (Lipinski definition) is 7. The smallest absolute Gasteiger partial charge is 0.337 e. The Labute approximate surface area is 158 Å². The van der Waals surface area contributed by atoms with Crippen molar-refractivity contribution in [1.29, 1.82) is 0 Å². The van der Waals surface area contributed by atoms with Crippen molar-refractivity contribution >= 4 is 29.2 Å². The largest absolute Gasteiger partial charge is 0.478 e. The van der Waals surface area contributed by atoms with E-state index >= 15 is 0 Å². The lowest BCUT2D eigenvalue weighted by Crippen LogP contribution is -2.10. The Kier molecular flexibility index (Phi) is 6.27. The summed E-state index contributed by atoms with van der Waals surface area (Å²) in [5.41, 5.74) is -0.278. The number of nitrogens with zero attached hydrogens (tertiary/aromatic N) is 1. The first-order valence-electron chi connectivity index (χ1n) is 7.88. The van der Waals surface area contributed by atoms with Crippen LogP contribution in [0.5, 0.6) is 11.5 Å². The molecule has 2 rings (SSSR count). The standard InChI is InChI=1S/C18H16N2O8/c1-10(21)19-15-5-3-13(9-14(15)18(23)24)28-12-4-6-16(20(25)26)11(7-12)8-17(22)27-2/h3-7,9H,8H2,1-2H3,(H,19,21)(H,23,24). The number of nitrogens with one attached hydrogen (secondary N) is 1. The Morgan fingerprint density at radius 1 is 1.14 bits per heavy atom. The minimum atomic E-state index is -1.27. The van der Waals surface area contributed by atoms with Crippen molar-refractivity contribution < 1.29 is 33.9 Å². The molecule has 0 aromatic heterocycles. The number of carbonyl (C=O) groups is 3. The predicted molar refractivity (Wildman–Crippen MR) is 96.6 cm³/mol. The number of ether oxygens (including phenoxy) is 2. The third-order valence-electron chi connectivity index (χ3n) is 3.58. The Morgan fingerprint density at radius 3 is 2.36 bits per heavy atom. The second-order valence-corrected chi connectivity index (χ2v) is 5.60. The van der Waals surface area contributed by atoms with E-state index in [1.807, 2.05) is 0 Å². The minimum Gasteiger partial charge on any atom is -0.478 e. The van der Waals surface area contributed by atoms with Crippen LogP contribution in [0, 0.1) is 10.1 Å². The van der Waals surface area contributed by atoms with E-state index < -0.39 is 22.8 Å². The molecule has 28 heavy (non-hydrogen) atoms. The maximum atomic E-state index is 11.5. The van der Waals surface area contributed by atoms with Gasteiger partial charge in [-0.05, 0) is 30.3 Å². The summed E-state index contributed by atoms with van der Waals surface area (Å²) in [6.07, 6.45) is -0.328. The fraction of sp³-hybridized carbons (Fsp3) is 0.167. The van der Waals surface area contributed by atoms with Crippen LogP contribution in [0.4, 0.5) is 11.4 Å². The van der Waals surface area contributed by atoms with Gasteiger partial charge in [-0.15, -0.1) is 0 Å². The number of aromatic carboxylic acids is 1. The molecule has 0 heterocycles. The number of nitro groups is 1. The van der Waals surface area contributed by atoms with Crippen LogP contribution in [-0.4, -0.2) is 35.0 Å². The molecule has 146 valence electrons. The molecule has 0 aliphatic rings. The summed E-state index contributed by atoms with van der Waals surface area (Å²) in [4.78, 5) is 44.5. The van der Waals surface area contributed by atoms with E-state index in [1.165, 1.54) is 50.4 Å². The second kappa shape index (κ2) is 8.62. The van der Waals surface area contributed by atoms with Crippen molar-refractivity contribution in [3.63, 3.8) is 0 Å². The van der Waals surface area contributed by atoms with Gasteiger partial charge in [-0.2, -0.15) is 0 Å². The third-order valence-corrected chi connectivity index (χ3v) is 3.58. The van der Waals surface area contributed by atoms with Crippen LogP contribution in [0.15, 0.2) is 36.4 Å². The Hall–Kier alpha value is -3.95. The zero-order valence-electron chi connectivity index (χ0n) is 14.9. The molecule has 2 N–H and O–H groups in total. The van der Waals surface area contributed by atoms with Gasteiger partial charge in [0.1, 0.15) is 11.5 Å². The van der Waals surface area contributed by atoms with Crippen molar-refractivity contribution in [2.75, 3.05) is 12.4 Å². The minimum absolute atomic E-state index is 0.0858. The monoisotopic (exact) mass is 388 g/mol. The highest BCUT2D eigenvalue weighted by Crippen LogP contribution is 2.30. The second-order valence-electron chi connectivity index (χ2n) is 5.60. The molecular weight excluding hydrogens is 372 g/mol. The van der Waals surface area contributed by atoms with Crippen LogP contribution < -0.4 is 10.1 Å². The third kappa shape index (κ3) is 5.04. The van der Waals surface area contributed by atoms with Gasteiger partial charge in [0.05, 0.1) is 29.7 Å². The highest BCUT2D eigenvalue weighted by Gasteiger charge is 2.19. The molecule has 0 unspecified atom stereocenters. The van der Waals surface area contributed by atoms with E-state index in [1.54, 1.807) is 0 Å². The molecule has 1 amide bonds. The number of esters is 1. The fourth-order valence-electron chi connectivity index (χ4n) is 2.37. The van der Waals surface area contributed by atoms with Crippen molar-refractivity contribution in [3.05, 3.63) is 57.6 Å². The number of carboxylic acid groups (broad SMARTS) is 1. The van der Waals surface area contributed by atoms with Gasteiger partial charge in [-0.25, -0.2) is 4.79 Å². The van der Waals surface area contributed by atoms with E-state index in [0.29, 0.717) is 0 Å². The maximum absolute atomic E-state index is 11.5. The number of carbonyl (C=O) groups excluding carboxylic acids is 2. The quantitative estimate of drug-likeness (QED) is 0.418. The summed E-state index contributed by atoms with van der Waals surface area (Å²) < 4.78 is 10.1. The van der Waals surface area contributed by atoms with Gasteiger partial charge >= 0.3 is 11.9 Å². The van der Waals surface area contributed by atoms with Gasteiger partial charge in [0, 0.05) is 18.6 Å². The topological polar surface area (TPSA) is 145 Å². The molecule has 10 heteroatoms. The molecule has 2 aromatic carbocycles. The normalized spacial score (nSPS) is 10.1. The van der Waals surface area contributed by atoms with Gasteiger partial charge < -0.3 is 19.9 Å². The van der Waals surface area contributed by atoms with Gasteiger partial charge in [-0.1, -0.05) is 0 Å².